The fraction of sp³-hybridized carbons (Fsp3) is 0.318. The maximum atomic E-state index is 9.85. The first kappa shape index (κ1) is 19.3. The van der Waals surface area contributed by atoms with Crippen molar-refractivity contribution in [3.05, 3.63) is 58.4 Å². The van der Waals surface area contributed by atoms with Gasteiger partial charge in [0.25, 0.3) is 0 Å². The van der Waals surface area contributed by atoms with Gasteiger partial charge in [0.15, 0.2) is 0 Å². The van der Waals surface area contributed by atoms with Crippen LogP contribution in [0.25, 0.3) is 26.9 Å². The molecule has 4 nitrogen and oxygen atoms in total. The number of nitrogens with zero attached hydrogens (tertiary/aromatic N) is 2. The van der Waals surface area contributed by atoms with E-state index in [4.69, 9.17) is 9.84 Å². The highest BCUT2D eigenvalue weighted by molar-refractivity contribution is 7.17. The second-order valence-electron chi connectivity index (χ2n) is 8.34. The molecule has 0 radical (unpaired) electrons. The molecule has 2 aromatic carbocycles. The van der Waals surface area contributed by atoms with E-state index in [1.54, 1.807) is 16.3 Å². The Morgan fingerprint density at radius 1 is 1.14 bits per heavy atom. The minimum absolute atomic E-state index is 0.0624. The highest BCUT2D eigenvalue weighted by Crippen LogP contribution is 2.30. The zero-order chi connectivity index (χ0) is 19.7. The van der Waals surface area contributed by atoms with E-state index in [9.17, 15) is 5.11 Å². The lowest BCUT2D eigenvalue weighted by Gasteiger charge is -2.24. The number of hydrogen-bond acceptors (Lipinski definition) is 5. The maximum Gasteiger partial charge on any atom is 0.139 e. The third-order valence-electron chi connectivity index (χ3n) is 4.95. The monoisotopic (exact) mass is 410 g/mol. The second-order valence-corrected chi connectivity index (χ2v) is 14.9. The largest absolute Gasteiger partial charge is 0.390 e. The van der Waals surface area contributed by atoms with Crippen LogP contribution >= 0.6 is 11.3 Å². The molecule has 4 rings (SSSR count). The van der Waals surface area contributed by atoms with Crippen LogP contribution in [-0.4, -0.2) is 38.1 Å². The first-order chi connectivity index (χ1) is 13.5. The Bertz CT molecular complexity index is 1110. The number of rotatable bonds is 6. The molecular formula is C22H26N2O2SSi. The van der Waals surface area contributed by atoms with E-state index in [1.165, 1.54) is 15.5 Å². The van der Waals surface area contributed by atoms with Crippen LogP contribution in [0.1, 0.15) is 5.56 Å². The molecule has 28 heavy (non-hydrogen) atoms. The first-order valence-corrected chi connectivity index (χ1v) is 14.2. The predicted molar refractivity (Wildman–Crippen MR) is 121 cm³/mol. The zero-order valence-corrected chi connectivity index (χ0v) is 18.4. The van der Waals surface area contributed by atoms with Gasteiger partial charge in [-0.25, -0.2) is 5.01 Å². The van der Waals surface area contributed by atoms with E-state index in [0.29, 0.717) is 6.73 Å². The summed E-state index contributed by atoms with van der Waals surface area (Å²) in [6.07, 6.45) is 2.02. The Labute approximate surface area is 170 Å². The molecule has 1 aliphatic heterocycles. The topological polar surface area (TPSA) is 45.1 Å². The van der Waals surface area contributed by atoms with Crippen molar-refractivity contribution in [3.8, 4) is 0 Å². The smallest absolute Gasteiger partial charge is 0.139 e. The van der Waals surface area contributed by atoms with Crippen molar-refractivity contribution in [2.24, 2.45) is 5.10 Å². The summed E-state index contributed by atoms with van der Waals surface area (Å²) in [7, 11) is -1.13. The van der Waals surface area contributed by atoms with Crippen LogP contribution in [0.4, 0.5) is 0 Å². The molecule has 0 atom stereocenters. The van der Waals surface area contributed by atoms with Crippen LogP contribution < -0.4 is 5.36 Å². The SMILES string of the molecule is C[Si](C)(C)CCOCN1N=c2c(cccc3c2cc2cccsc23)C=C1CO. The Morgan fingerprint density at radius 3 is 2.79 bits per heavy atom. The number of aliphatic hydroxyl groups excluding tert-OH is 1. The highest BCUT2D eigenvalue weighted by Gasteiger charge is 2.17. The fourth-order valence-electron chi connectivity index (χ4n) is 3.36. The van der Waals surface area contributed by atoms with E-state index < -0.39 is 8.07 Å². The van der Waals surface area contributed by atoms with Crippen molar-refractivity contribution in [2.45, 2.75) is 25.7 Å². The second kappa shape index (κ2) is 7.79. The zero-order valence-electron chi connectivity index (χ0n) is 16.6. The van der Waals surface area contributed by atoms with Crippen molar-refractivity contribution in [1.82, 2.24) is 5.01 Å². The van der Waals surface area contributed by atoms with Gasteiger partial charge < -0.3 is 9.84 Å². The molecule has 0 saturated carbocycles. The predicted octanol–water partition coefficient (Wildman–Crippen LogP) is 4.83. The van der Waals surface area contributed by atoms with Crippen LogP contribution in [0.15, 0.2) is 52.6 Å². The summed E-state index contributed by atoms with van der Waals surface area (Å²) in [4.78, 5) is 0. The van der Waals surface area contributed by atoms with E-state index in [2.05, 4.69) is 61.4 Å². The van der Waals surface area contributed by atoms with E-state index >= 15 is 0 Å². The lowest BCUT2D eigenvalue weighted by molar-refractivity contribution is 0.0471. The van der Waals surface area contributed by atoms with Crippen molar-refractivity contribution in [3.63, 3.8) is 0 Å². The van der Waals surface area contributed by atoms with E-state index in [1.807, 2.05) is 6.08 Å². The molecule has 0 amide bonds. The van der Waals surface area contributed by atoms with Gasteiger partial charge in [-0.15, -0.1) is 11.3 Å². The lowest BCUT2D eigenvalue weighted by Crippen LogP contribution is -2.30. The summed E-state index contributed by atoms with van der Waals surface area (Å²) >= 11 is 1.75. The van der Waals surface area contributed by atoms with Crippen LogP contribution in [-0.2, 0) is 4.74 Å². The van der Waals surface area contributed by atoms with E-state index in [0.717, 1.165) is 34.7 Å². The van der Waals surface area contributed by atoms with Gasteiger partial charge in [-0.2, -0.15) is 5.10 Å². The molecule has 3 aromatic rings. The Balaban J connectivity index is 1.75. The fourth-order valence-corrected chi connectivity index (χ4v) is 4.98. The maximum absolute atomic E-state index is 9.85. The van der Waals surface area contributed by atoms with Gasteiger partial charge in [-0.05, 0) is 29.0 Å². The molecule has 0 fully saturated rings. The first-order valence-electron chi connectivity index (χ1n) is 9.61. The summed E-state index contributed by atoms with van der Waals surface area (Å²) in [6, 6.07) is 13.9. The van der Waals surface area contributed by atoms with Crippen molar-refractivity contribution >= 4 is 46.3 Å². The average Bonchev–Trinajstić information content (AvgIpc) is 2.94. The van der Waals surface area contributed by atoms with Crippen LogP contribution in [0.3, 0.4) is 0 Å². The third kappa shape index (κ3) is 3.91. The third-order valence-corrected chi connectivity index (χ3v) is 7.64. The van der Waals surface area contributed by atoms with Crippen LogP contribution in [0, 0.1) is 0 Å². The molecule has 146 valence electrons. The summed E-state index contributed by atoms with van der Waals surface area (Å²) in [5.41, 5.74) is 1.79. The Hall–Kier alpha value is -1.99. The molecular weight excluding hydrogens is 384 g/mol. The summed E-state index contributed by atoms with van der Waals surface area (Å²) < 4.78 is 7.19. The number of hydrogen-bond donors (Lipinski definition) is 1. The van der Waals surface area contributed by atoms with Gasteiger partial charge in [0.1, 0.15) is 6.73 Å². The van der Waals surface area contributed by atoms with Crippen LogP contribution in [0.2, 0.25) is 25.7 Å². The number of ether oxygens (including phenoxy) is 1. The quantitative estimate of drug-likeness (QED) is 0.467. The van der Waals surface area contributed by atoms with Crippen molar-refractivity contribution in [1.29, 1.82) is 0 Å². The van der Waals surface area contributed by atoms with Gasteiger partial charge in [-0.1, -0.05) is 50.0 Å². The molecule has 0 saturated heterocycles. The van der Waals surface area contributed by atoms with Gasteiger partial charge in [0.2, 0.25) is 0 Å². The Morgan fingerprint density at radius 2 is 2.00 bits per heavy atom. The average molecular weight is 411 g/mol. The summed E-state index contributed by atoms with van der Waals surface area (Å²) in [5.74, 6) is 0. The van der Waals surface area contributed by atoms with E-state index in [-0.39, 0.29) is 6.61 Å². The molecule has 2 heterocycles. The van der Waals surface area contributed by atoms with Gasteiger partial charge in [0, 0.05) is 35.7 Å². The number of aliphatic hydroxyl groups is 1. The number of fused-ring (bicyclic) bond motifs is 5. The molecule has 1 aliphatic rings. The van der Waals surface area contributed by atoms with Gasteiger partial charge in [0.05, 0.1) is 17.7 Å². The normalized spacial score (nSPS) is 14.1. The molecule has 0 spiro atoms. The van der Waals surface area contributed by atoms with Crippen molar-refractivity contribution in [2.75, 3.05) is 19.9 Å². The van der Waals surface area contributed by atoms with Crippen molar-refractivity contribution < 1.29 is 9.84 Å². The van der Waals surface area contributed by atoms with Gasteiger partial charge in [-0.3, -0.25) is 0 Å². The summed E-state index contributed by atoms with van der Waals surface area (Å²) in [5, 5.41) is 23.2. The highest BCUT2D eigenvalue weighted by atomic mass is 32.1. The van der Waals surface area contributed by atoms with Crippen LogP contribution in [0.5, 0.6) is 0 Å². The minimum Gasteiger partial charge on any atom is -0.390 e. The molecule has 0 unspecified atom stereocenters. The minimum atomic E-state index is -1.13. The lowest BCUT2D eigenvalue weighted by atomic mass is 10.1. The molecule has 6 heteroatoms. The molecule has 1 aromatic heterocycles. The Kier molecular flexibility index (Phi) is 5.38. The van der Waals surface area contributed by atoms with Gasteiger partial charge >= 0.3 is 0 Å². The molecule has 0 aliphatic carbocycles. The summed E-state index contributed by atoms with van der Waals surface area (Å²) in [6.45, 7) is 8.05. The standard InChI is InChI=1S/C22H26N2O2SSi/c1-28(2,3)11-9-26-15-24-18(14-25)12-16-6-4-8-19-20(21(16)23-24)13-17-7-5-10-27-22(17)19/h4-8,10,12-13,25H,9,11,14-15H2,1-3H3. The molecule has 0 bridgehead atoms. The molecule has 1 N–H and O–H groups in total.